The van der Waals surface area contributed by atoms with Gasteiger partial charge in [-0.25, -0.2) is 0 Å². The minimum absolute atomic E-state index is 0.168. The van der Waals surface area contributed by atoms with Crippen LogP contribution in [0, 0.1) is 11.5 Å². The van der Waals surface area contributed by atoms with Crippen LogP contribution in [0.25, 0.3) is 0 Å². The summed E-state index contributed by atoms with van der Waals surface area (Å²) >= 11 is 0. The third-order valence-electron chi connectivity index (χ3n) is 2.91. The molecule has 0 aromatic heterocycles. The second-order valence-electron chi connectivity index (χ2n) is 3.96. The second-order valence-corrected chi connectivity index (χ2v) is 3.96. The van der Waals surface area contributed by atoms with E-state index >= 15 is 0 Å². The molecule has 1 rings (SSSR count). The Morgan fingerprint density at radius 1 is 1.50 bits per heavy atom. The Kier molecular flexibility index (Phi) is 2.97. The van der Waals surface area contributed by atoms with Crippen molar-refractivity contribution in [2.45, 2.75) is 51.5 Å². The van der Waals surface area contributed by atoms with Crippen LogP contribution in [0.4, 0.5) is 0 Å². The summed E-state index contributed by atoms with van der Waals surface area (Å²) in [6.07, 6.45) is 8.30. The quantitative estimate of drug-likeness (QED) is 0.589. The monoisotopic (exact) mass is 166 g/mol. The van der Waals surface area contributed by atoms with Crippen molar-refractivity contribution in [3.63, 3.8) is 0 Å². The van der Waals surface area contributed by atoms with Gasteiger partial charge in [0.05, 0.1) is 0 Å². The van der Waals surface area contributed by atoms with Crippen molar-refractivity contribution in [3.05, 3.63) is 0 Å². The summed E-state index contributed by atoms with van der Waals surface area (Å²) in [5, 5.41) is 8.93. The molecular formula is C10H18N2. The molecule has 12 heavy (non-hydrogen) atoms. The summed E-state index contributed by atoms with van der Waals surface area (Å²) in [7, 11) is 0. The van der Waals surface area contributed by atoms with Crippen LogP contribution >= 0.6 is 0 Å². The van der Waals surface area contributed by atoms with E-state index in [1.54, 1.807) is 0 Å². The number of rotatable bonds is 2. The van der Waals surface area contributed by atoms with Crippen molar-refractivity contribution >= 4 is 0 Å². The molecule has 1 fully saturated rings. The second kappa shape index (κ2) is 3.80. The minimum atomic E-state index is 0.168. The van der Waals surface area contributed by atoms with Crippen molar-refractivity contribution in [2.24, 2.45) is 0 Å². The summed E-state index contributed by atoms with van der Waals surface area (Å²) in [6.45, 7) is 5.38. The van der Waals surface area contributed by atoms with E-state index in [-0.39, 0.29) is 5.54 Å². The molecule has 2 heteroatoms. The molecule has 0 aliphatic carbocycles. The molecule has 0 aromatic carbocycles. The van der Waals surface area contributed by atoms with Crippen LogP contribution in [0.1, 0.15) is 46.0 Å². The number of nitriles is 1. The maximum absolute atomic E-state index is 8.93. The van der Waals surface area contributed by atoms with Crippen LogP contribution in [-0.2, 0) is 0 Å². The average molecular weight is 166 g/mol. The van der Waals surface area contributed by atoms with E-state index in [9.17, 15) is 0 Å². The standard InChI is InChI=1S/C10H18N2/c1-3-6-10(2)7-4-5-8-12(10)9-11/h3-8H2,1-2H3. The van der Waals surface area contributed by atoms with Gasteiger partial charge in [0.25, 0.3) is 0 Å². The van der Waals surface area contributed by atoms with Gasteiger partial charge in [0.2, 0.25) is 0 Å². The Bertz CT molecular complexity index is 179. The van der Waals surface area contributed by atoms with Crippen molar-refractivity contribution in [2.75, 3.05) is 6.54 Å². The zero-order valence-corrected chi connectivity index (χ0v) is 8.14. The van der Waals surface area contributed by atoms with E-state index < -0.39 is 0 Å². The lowest BCUT2D eigenvalue weighted by Crippen LogP contribution is -2.46. The van der Waals surface area contributed by atoms with Gasteiger partial charge >= 0.3 is 0 Å². The Morgan fingerprint density at radius 3 is 2.83 bits per heavy atom. The third kappa shape index (κ3) is 1.72. The van der Waals surface area contributed by atoms with E-state index in [0.717, 1.165) is 13.0 Å². The van der Waals surface area contributed by atoms with Crippen molar-refractivity contribution in [3.8, 4) is 6.19 Å². The molecule has 0 amide bonds. The van der Waals surface area contributed by atoms with E-state index in [4.69, 9.17) is 5.26 Å². The highest BCUT2D eigenvalue weighted by atomic mass is 15.2. The Balaban J connectivity index is 2.63. The lowest BCUT2D eigenvalue weighted by atomic mass is 9.85. The highest BCUT2D eigenvalue weighted by Gasteiger charge is 2.32. The van der Waals surface area contributed by atoms with E-state index in [0.29, 0.717) is 0 Å². The Hall–Kier alpha value is -0.710. The molecule has 1 atom stereocenters. The molecule has 0 aromatic rings. The van der Waals surface area contributed by atoms with Gasteiger partial charge in [-0.1, -0.05) is 13.3 Å². The largest absolute Gasteiger partial charge is 0.305 e. The van der Waals surface area contributed by atoms with Gasteiger partial charge in [0, 0.05) is 12.1 Å². The molecule has 1 saturated heterocycles. The van der Waals surface area contributed by atoms with Crippen LogP contribution < -0.4 is 0 Å². The third-order valence-corrected chi connectivity index (χ3v) is 2.91. The molecule has 0 saturated carbocycles. The normalized spacial score (nSPS) is 29.9. The first kappa shape index (κ1) is 9.38. The summed E-state index contributed by atoms with van der Waals surface area (Å²) < 4.78 is 0. The fraction of sp³-hybridized carbons (Fsp3) is 0.900. The van der Waals surface area contributed by atoms with Gasteiger partial charge < -0.3 is 4.90 Å². The predicted octanol–water partition coefficient (Wildman–Crippen LogP) is 2.51. The zero-order chi connectivity index (χ0) is 9.03. The molecule has 1 aliphatic heterocycles. The lowest BCUT2D eigenvalue weighted by molar-refractivity contribution is 0.112. The van der Waals surface area contributed by atoms with Crippen molar-refractivity contribution in [1.82, 2.24) is 4.90 Å². The van der Waals surface area contributed by atoms with Crippen molar-refractivity contribution in [1.29, 1.82) is 5.26 Å². The summed E-state index contributed by atoms with van der Waals surface area (Å²) in [6, 6.07) is 0. The highest BCUT2D eigenvalue weighted by Crippen LogP contribution is 2.30. The van der Waals surface area contributed by atoms with E-state index in [1.165, 1.54) is 25.7 Å². The smallest absolute Gasteiger partial charge is 0.179 e. The van der Waals surface area contributed by atoms with Gasteiger partial charge in [0.15, 0.2) is 6.19 Å². The summed E-state index contributed by atoms with van der Waals surface area (Å²) in [4.78, 5) is 1.97. The molecule has 0 N–H and O–H groups in total. The topological polar surface area (TPSA) is 27.0 Å². The molecule has 2 nitrogen and oxygen atoms in total. The zero-order valence-electron chi connectivity index (χ0n) is 8.14. The number of piperidine rings is 1. The van der Waals surface area contributed by atoms with Crippen LogP contribution in [-0.4, -0.2) is 17.0 Å². The fourth-order valence-electron chi connectivity index (χ4n) is 2.15. The molecule has 1 heterocycles. The lowest BCUT2D eigenvalue weighted by Gasteiger charge is -2.41. The average Bonchev–Trinajstić information content (AvgIpc) is 2.05. The number of nitrogens with zero attached hydrogens (tertiary/aromatic N) is 2. The maximum Gasteiger partial charge on any atom is 0.179 e. The Morgan fingerprint density at radius 2 is 2.25 bits per heavy atom. The minimum Gasteiger partial charge on any atom is -0.305 e. The van der Waals surface area contributed by atoms with Crippen LogP contribution in [0.2, 0.25) is 0 Å². The number of hydrogen-bond donors (Lipinski definition) is 0. The molecule has 68 valence electrons. The Labute approximate surface area is 75.2 Å². The first-order valence-corrected chi connectivity index (χ1v) is 4.90. The SMILES string of the molecule is CCCC1(C)CCCCN1C#N. The predicted molar refractivity (Wildman–Crippen MR) is 49.5 cm³/mol. The fourth-order valence-corrected chi connectivity index (χ4v) is 2.15. The molecule has 1 unspecified atom stereocenters. The van der Waals surface area contributed by atoms with Crippen molar-refractivity contribution < 1.29 is 0 Å². The maximum atomic E-state index is 8.93. The molecule has 0 radical (unpaired) electrons. The summed E-state index contributed by atoms with van der Waals surface area (Å²) in [5.41, 5.74) is 0.168. The van der Waals surface area contributed by atoms with Crippen LogP contribution in [0.3, 0.4) is 0 Å². The van der Waals surface area contributed by atoms with E-state index in [2.05, 4.69) is 20.0 Å². The van der Waals surface area contributed by atoms with Gasteiger partial charge in [0.1, 0.15) is 0 Å². The first-order chi connectivity index (χ1) is 5.73. The van der Waals surface area contributed by atoms with E-state index in [1.807, 2.05) is 4.90 Å². The molecule has 1 aliphatic rings. The molecule has 0 spiro atoms. The molecule has 0 bridgehead atoms. The van der Waals surface area contributed by atoms with Gasteiger partial charge in [-0.2, -0.15) is 5.26 Å². The van der Waals surface area contributed by atoms with Gasteiger partial charge in [-0.05, 0) is 32.6 Å². The van der Waals surface area contributed by atoms with Crippen LogP contribution in [0.5, 0.6) is 0 Å². The number of likely N-dealkylation sites (tertiary alicyclic amines) is 1. The highest BCUT2D eigenvalue weighted by molar-refractivity contribution is 4.95. The van der Waals surface area contributed by atoms with Crippen LogP contribution in [0.15, 0.2) is 0 Å². The summed E-state index contributed by atoms with van der Waals surface area (Å²) in [5.74, 6) is 0. The first-order valence-electron chi connectivity index (χ1n) is 4.90. The number of hydrogen-bond acceptors (Lipinski definition) is 2. The molecular weight excluding hydrogens is 148 g/mol. The van der Waals surface area contributed by atoms with Gasteiger partial charge in [-0.3, -0.25) is 0 Å². The van der Waals surface area contributed by atoms with Gasteiger partial charge in [-0.15, -0.1) is 0 Å².